The maximum absolute atomic E-state index is 12.9. The van der Waals surface area contributed by atoms with Crippen molar-refractivity contribution in [3.63, 3.8) is 0 Å². The molecule has 0 radical (unpaired) electrons. The van der Waals surface area contributed by atoms with Crippen LogP contribution in [-0.2, 0) is 22.6 Å². The molecule has 1 unspecified atom stereocenters. The summed E-state index contributed by atoms with van der Waals surface area (Å²) in [6.07, 6.45) is 6.07. The molecule has 0 bridgehead atoms. The van der Waals surface area contributed by atoms with Crippen LogP contribution in [0.3, 0.4) is 0 Å². The van der Waals surface area contributed by atoms with Crippen LogP contribution in [0.25, 0.3) is 0 Å². The van der Waals surface area contributed by atoms with E-state index in [2.05, 4.69) is 10.6 Å². The van der Waals surface area contributed by atoms with Gasteiger partial charge in [0.1, 0.15) is 29.7 Å². The zero-order valence-electron chi connectivity index (χ0n) is 25.3. The third-order valence-corrected chi connectivity index (χ3v) is 6.50. The molecular formula is C35H46N2O5. The maximum Gasteiger partial charge on any atom is 0.408 e. The Labute approximate surface area is 251 Å². The molecule has 0 aliphatic heterocycles. The molecule has 2 amide bonds. The molecule has 0 aliphatic rings. The van der Waals surface area contributed by atoms with Gasteiger partial charge in [0, 0.05) is 13.0 Å². The van der Waals surface area contributed by atoms with E-state index < -0.39 is 17.7 Å². The number of hydrogen-bond donors (Lipinski definition) is 2. The first kappa shape index (κ1) is 32.5. The smallest absolute Gasteiger partial charge is 0.408 e. The highest BCUT2D eigenvalue weighted by atomic mass is 16.6. The van der Waals surface area contributed by atoms with Crippen LogP contribution in [0.1, 0.15) is 70.4 Å². The molecule has 7 nitrogen and oxygen atoms in total. The van der Waals surface area contributed by atoms with Gasteiger partial charge in [0.15, 0.2) is 0 Å². The van der Waals surface area contributed by atoms with Crippen molar-refractivity contribution in [2.75, 3.05) is 13.2 Å². The summed E-state index contributed by atoms with van der Waals surface area (Å²) in [7, 11) is 0. The van der Waals surface area contributed by atoms with Gasteiger partial charge in [0.25, 0.3) is 0 Å². The van der Waals surface area contributed by atoms with Crippen LogP contribution in [0, 0.1) is 0 Å². The van der Waals surface area contributed by atoms with Crippen LogP contribution in [0.15, 0.2) is 84.9 Å². The van der Waals surface area contributed by atoms with Crippen molar-refractivity contribution in [2.24, 2.45) is 0 Å². The Morgan fingerprint density at radius 1 is 0.690 bits per heavy atom. The molecule has 226 valence electrons. The van der Waals surface area contributed by atoms with Gasteiger partial charge in [0.05, 0.1) is 6.61 Å². The number of nitrogens with one attached hydrogen (secondary N) is 2. The number of hydrogen-bond acceptors (Lipinski definition) is 5. The first-order valence-electron chi connectivity index (χ1n) is 15.0. The highest BCUT2D eigenvalue weighted by Gasteiger charge is 2.24. The molecular weight excluding hydrogens is 528 g/mol. The Bertz CT molecular complexity index is 1180. The number of carbonyl (C=O) groups is 2. The van der Waals surface area contributed by atoms with E-state index in [-0.39, 0.29) is 5.91 Å². The van der Waals surface area contributed by atoms with Crippen LogP contribution in [0.4, 0.5) is 4.79 Å². The van der Waals surface area contributed by atoms with Gasteiger partial charge in [-0.25, -0.2) is 4.79 Å². The minimum absolute atomic E-state index is 0.197. The minimum Gasteiger partial charge on any atom is -0.494 e. The van der Waals surface area contributed by atoms with Gasteiger partial charge in [-0.15, -0.1) is 0 Å². The van der Waals surface area contributed by atoms with Gasteiger partial charge in [-0.1, -0.05) is 86.3 Å². The van der Waals surface area contributed by atoms with Gasteiger partial charge in [-0.05, 0) is 69.0 Å². The average Bonchev–Trinajstić information content (AvgIpc) is 2.97. The van der Waals surface area contributed by atoms with Gasteiger partial charge >= 0.3 is 6.09 Å². The molecule has 1 atom stereocenters. The van der Waals surface area contributed by atoms with Crippen molar-refractivity contribution in [3.8, 4) is 11.5 Å². The van der Waals surface area contributed by atoms with Crippen molar-refractivity contribution < 1.29 is 23.8 Å². The quantitative estimate of drug-likeness (QED) is 0.166. The van der Waals surface area contributed by atoms with E-state index in [0.29, 0.717) is 26.2 Å². The number of alkyl carbamates (subject to hydrolysis) is 1. The lowest BCUT2D eigenvalue weighted by Gasteiger charge is -2.23. The van der Waals surface area contributed by atoms with Crippen molar-refractivity contribution in [3.05, 3.63) is 96.1 Å². The number of amides is 2. The fraction of sp³-hybridized carbons (Fsp3) is 0.429. The van der Waals surface area contributed by atoms with Crippen molar-refractivity contribution >= 4 is 12.0 Å². The minimum atomic E-state index is -0.694. The van der Waals surface area contributed by atoms with E-state index in [0.717, 1.165) is 61.2 Å². The fourth-order valence-electron chi connectivity index (χ4n) is 4.34. The SMILES string of the molecule is CC(C)(C)OC(=O)NC(Cc1ccccc1)C(=O)NCCCCCCCCOc1ccc(OCc2ccccc2)cc1. The molecule has 0 fully saturated rings. The molecule has 0 aliphatic carbocycles. The molecule has 0 aromatic heterocycles. The lowest BCUT2D eigenvalue weighted by molar-refractivity contribution is -0.123. The zero-order chi connectivity index (χ0) is 30.0. The summed E-state index contributed by atoms with van der Waals surface area (Å²) in [6, 6.07) is 26.8. The Kier molecular flexibility index (Phi) is 13.7. The Hall–Kier alpha value is -4.00. The number of carbonyl (C=O) groups excluding carboxylic acids is 2. The Balaban J connectivity index is 1.24. The summed E-state index contributed by atoms with van der Waals surface area (Å²) < 4.78 is 17.1. The predicted octanol–water partition coefficient (Wildman–Crippen LogP) is 7.24. The largest absolute Gasteiger partial charge is 0.494 e. The Morgan fingerprint density at radius 3 is 1.86 bits per heavy atom. The molecule has 7 heteroatoms. The van der Waals surface area contributed by atoms with Crippen LogP contribution >= 0.6 is 0 Å². The monoisotopic (exact) mass is 574 g/mol. The topological polar surface area (TPSA) is 85.9 Å². The van der Waals surface area contributed by atoms with Gasteiger partial charge in [0.2, 0.25) is 5.91 Å². The molecule has 0 saturated carbocycles. The first-order valence-corrected chi connectivity index (χ1v) is 15.0. The summed E-state index contributed by atoms with van der Waals surface area (Å²) in [5, 5.41) is 5.72. The predicted molar refractivity (Wildman–Crippen MR) is 167 cm³/mol. The highest BCUT2D eigenvalue weighted by molar-refractivity contribution is 5.86. The molecule has 0 saturated heterocycles. The molecule has 3 rings (SSSR count). The van der Waals surface area contributed by atoms with Gasteiger partial charge in [-0.2, -0.15) is 0 Å². The molecule has 42 heavy (non-hydrogen) atoms. The summed E-state index contributed by atoms with van der Waals surface area (Å²) in [4.78, 5) is 25.2. The normalized spacial score (nSPS) is 11.8. The van der Waals surface area contributed by atoms with E-state index in [1.54, 1.807) is 20.8 Å². The lowest BCUT2D eigenvalue weighted by atomic mass is 10.1. The average molecular weight is 575 g/mol. The molecule has 2 N–H and O–H groups in total. The second-order valence-electron chi connectivity index (χ2n) is 11.4. The standard InChI is InChI=1S/C35H46N2O5/c1-35(2,3)42-34(39)37-32(26-28-16-10-8-11-17-28)33(38)36-24-14-6-4-5-7-15-25-40-30-20-22-31(23-21-30)41-27-29-18-12-9-13-19-29/h8-13,16-23,32H,4-7,14-15,24-27H2,1-3H3,(H,36,38)(H,37,39). The van der Waals surface area contributed by atoms with E-state index in [9.17, 15) is 9.59 Å². The summed E-state index contributed by atoms with van der Waals surface area (Å²) >= 11 is 0. The van der Waals surface area contributed by atoms with Crippen LogP contribution < -0.4 is 20.1 Å². The Morgan fingerprint density at radius 2 is 1.24 bits per heavy atom. The zero-order valence-corrected chi connectivity index (χ0v) is 25.3. The van der Waals surface area contributed by atoms with Crippen molar-refractivity contribution in [1.82, 2.24) is 10.6 Å². The van der Waals surface area contributed by atoms with Crippen molar-refractivity contribution in [2.45, 2.75) is 84.0 Å². The molecule has 3 aromatic rings. The van der Waals surface area contributed by atoms with E-state index in [1.807, 2.05) is 84.9 Å². The van der Waals surface area contributed by atoms with Gasteiger partial charge in [-0.3, -0.25) is 4.79 Å². The van der Waals surface area contributed by atoms with Crippen LogP contribution in [-0.4, -0.2) is 36.8 Å². The second kappa shape index (κ2) is 17.7. The molecule has 0 spiro atoms. The number of ether oxygens (including phenoxy) is 3. The summed E-state index contributed by atoms with van der Waals surface area (Å²) in [5.41, 5.74) is 1.48. The summed E-state index contributed by atoms with van der Waals surface area (Å²) in [6.45, 7) is 7.21. The van der Waals surface area contributed by atoms with E-state index in [1.165, 1.54) is 0 Å². The fourth-order valence-corrected chi connectivity index (χ4v) is 4.34. The summed E-state index contributed by atoms with van der Waals surface area (Å²) in [5.74, 6) is 1.48. The number of benzene rings is 3. The second-order valence-corrected chi connectivity index (χ2v) is 11.4. The van der Waals surface area contributed by atoms with E-state index >= 15 is 0 Å². The number of unbranched alkanes of at least 4 members (excludes halogenated alkanes) is 5. The maximum atomic E-state index is 12.9. The molecule has 3 aromatic carbocycles. The molecule has 0 heterocycles. The van der Waals surface area contributed by atoms with Crippen LogP contribution in [0.5, 0.6) is 11.5 Å². The van der Waals surface area contributed by atoms with Crippen molar-refractivity contribution in [1.29, 1.82) is 0 Å². The highest BCUT2D eigenvalue weighted by Crippen LogP contribution is 2.19. The number of rotatable bonds is 17. The van der Waals surface area contributed by atoms with Crippen LogP contribution in [0.2, 0.25) is 0 Å². The third kappa shape index (κ3) is 13.6. The lowest BCUT2D eigenvalue weighted by Crippen LogP contribution is -2.49. The third-order valence-electron chi connectivity index (χ3n) is 6.50. The van der Waals surface area contributed by atoms with E-state index in [4.69, 9.17) is 14.2 Å². The first-order chi connectivity index (χ1) is 20.3. The van der Waals surface area contributed by atoms with Gasteiger partial charge < -0.3 is 24.8 Å².